The largest absolute Gasteiger partial charge is 0.334 e. The van der Waals surface area contributed by atoms with E-state index in [9.17, 15) is 21.6 Å². The van der Waals surface area contributed by atoms with Gasteiger partial charge in [-0.2, -0.15) is 8.61 Å². The minimum atomic E-state index is -3.56. The fraction of sp³-hybridized carbons (Fsp3) is 0.302. The van der Waals surface area contributed by atoms with Crippen molar-refractivity contribution in [2.24, 2.45) is 5.73 Å². The Balaban J connectivity index is 0.000000199. The van der Waals surface area contributed by atoms with Gasteiger partial charge in [0.1, 0.15) is 0 Å². The lowest BCUT2D eigenvalue weighted by molar-refractivity contribution is 0.135. The van der Waals surface area contributed by atoms with Gasteiger partial charge in [-0.1, -0.05) is 146 Å². The van der Waals surface area contributed by atoms with Gasteiger partial charge in [0.2, 0.25) is 20.0 Å². The second-order valence-corrected chi connectivity index (χ2v) is 21.0. The molecule has 0 atom stereocenters. The van der Waals surface area contributed by atoms with Crippen LogP contribution in [0.5, 0.6) is 0 Å². The Kier molecular flexibility index (Phi) is 19.8. The summed E-state index contributed by atoms with van der Waals surface area (Å²) in [7, 11) is -3.81. The van der Waals surface area contributed by atoms with E-state index in [0.29, 0.717) is 49.1 Å². The minimum absolute atomic E-state index is 0.0392. The summed E-state index contributed by atoms with van der Waals surface area (Å²) >= 11 is 0. The van der Waals surface area contributed by atoms with Crippen molar-refractivity contribution in [3.8, 4) is 0 Å². The highest BCUT2D eigenvalue weighted by Gasteiger charge is 2.24. The van der Waals surface area contributed by atoms with Crippen LogP contribution in [0.4, 0.5) is 4.79 Å². The van der Waals surface area contributed by atoms with E-state index in [1.54, 1.807) is 38.4 Å². The van der Waals surface area contributed by atoms with E-state index in [0.717, 1.165) is 80.2 Å². The number of piperazine rings is 2. The fourth-order valence-corrected chi connectivity index (χ4v) is 10.1. The molecule has 0 radical (unpaired) electrons. The molecule has 2 amide bonds. The smallest absolute Gasteiger partial charge is 0.317 e. The topological polar surface area (TPSA) is 152 Å². The molecule has 2 saturated heterocycles. The number of sulfonamides is 2. The van der Waals surface area contributed by atoms with Gasteiger partial charge < -0.3 is 21.3 Å². The van der Waals surface area contributed by atoms with Crippen molar-refractivity contribution < 1.29 is 21.6 Å². The average molecular weight is 959 g/mol. The third-order valence-electron chi connectivity index (χ3n) is 11.8. The van der Waals surface area contributed by atoms with Crippen LogP contribution >= 0.6 is 0 Å². The van der Waals surface area contributed by atoms with Gasteiger partial charge >= 0.3 is 6.03 Å². The SMILES string of the molecule is CN(Cc1ccccc1)S(=O)(=O)c1ccc(CN2CCN(C(=O)NCc3ccccc3)CC2)cc1.CN(Cc1ccccc1)S(=O)(=O)c1ccc(CN2CCNCC2)cc1.NCc1ccccc1. The van der Waals surface area contributed by atoms with Gasteiger partial charge in [0.05, 0.1) is 9.79 Å². The Hall–Kier alpha value is -5.75. The number of rotatable bonds is 15. The van der Waals surface area contributed by atoms with Crippen molar-refractivity contribution in [1.82, 2.24) is 33.9 Å². The van der Waals surface area contributed by atoms with Gasteiger partial charge in [-0.15, -0.1) is 0 Å². The molecule has 15 heteroatoms. The Labute approximate surface area is 404 Å². The van der Waals surface area contributed by atoms with Crippen LogP contribution in [-0.4, -0.2) is 113 Å². The summed E-state index contributed by atoms with van der Waals surface area (Å²) in [6.45, 7) is 10.4. The highest BCUT2D eigenvalue weighted by molar-refractivity contribution is 7.89. The van der Waals surface area contributed by atoms with Crippen molar-refractivity contribution in [1.29, 1.82) is 0 Å². The van der Waals surface area contributed by atoms with E-state index in [-0.39, 0.29) is 6.03 Å². The van der Waals surface area contributed by atoms with Gasteiger partial charge in [0.15, 0.2) is 0 Å². The minimum Gasteiger partial charge on any atom is -0.334 e. The van der Waals surface area contributed by atoms with Crippen molar-refractivity contribution in [2.75, 3.05) is 66.5 Å². The maximum atomic E-state index is 13.0. The number of urea groups is 1. The number of nitrogens with zero attached hydrogens (tertiary/aromatic N) is 5. The lowest BCUT2D eigenvalue weighted by atomic mass is 10.2. The molecule has 68 heavy (non-hydrogen) atoms. The maximum Gasteiger partial charge on any atom is 0.317 e. The second kappa shape index (κ2) is 26.1. The predicted octanol–water partition coefficient (Wildman–Crippen LogP) is 6.59. The molecule has 6 aromatic carbocycles. The van der Waals surface area contributed by atoms with E-state index in [1.807, 2.05) is 150 Å². The molecular formula is C53H66N8O5S2. The van der Waals surface area contributed by atoms with E-state index in [4.69, 9.17) is 5.73 Å². The molecule has 0 unspecified atom stereocenters. The van der Waals surface area contributed by atoms with Gasteiger partial charge in [-0.25, -0.2) is 21.6 Å². The number of carbonyl (C=O) groups excluding carboxylic acids is 1. The molecule has 2 aliphatic rings. The predicted molar refractivity (Wildman–Crippen MR) is 271 cm³/mol. The Morgan fingerprint density at radius 1 is 0.500 bits per heavy atom. The first kappa shape index (κ1) is 51.6. The highest BCUT2D eigenvalue weighted by Crippen LogP contribution is 2.20. The van der Waals surface area contributed by atoms with Crippen molar-refractivity contribution in [3.63, 3.8) is 0 Å². The van der Waals surface area contributed by atoms with Gasteiger partial charge in [0.25, 0.3) is 0 Å². The number of amides is 2. The summed E-state index contributed by atoms with van der Waals surface area (Å²) in [5.74, 6) is 0. The lowest BCUT2D eigenvalue weighted by Gasteiger charge is -2.34. The van der Waals surface area contributed by atoms with Crippen LogP contribution in [0.2, 0.25) is 0 Å². The molecule has 13 nitrogen and oxygen atoms in total. The summed E-state index contributed by atoms with van der Waals surface area (Å²) in [6, 6.07) is 53.4. The van der Waals surface area contributed by atoms with E-state index in [1.165, 1.54) is 14.2 Å². The molecule has 2 fully saturated rings. The fourth-order valence-electron chi connectivity index (χ4n) is 7.74. The van der Waals surface area contributed by atoms with Crippen LogP contribution in [0.15, 0.2) is 180 Å². The zero-order valence-corrected chi connectivity index (χ0v) is 40.9. The maximum absolute atomic E-state index is 13.0. The van der Waals surface area contributed by atoms with Crippen LogP contribution in [0, 0.1) is 0 Å². The van der Waals surface area contributed by atoms with Gasteiger partial charge in [-0.05, 0) is 57.6 Å². The quantitative estimate of drug-likeness (QED) is 0.104. The second-order valence-electron chi connectivity index (χ2n) is 16.9. The summed E-state index contributed by atoms with van der Waals surface area (Å²) < 4.78 is 54.2. The molecule has 2 aliphatic heterocycles. The van der Waals surface area contributed by atoms with E-state index in [2.05, 4.69) is 20.4 Å². The zero-order valence-electron chi connectivity index (χ0n) is 39.2. The number of nitrogens with two attached hydrogens (primary N) is 1. The summed E-state index contributed by atoms with van der Waals surface area (Å²) in [4.78, 5) is 19.6. The first-order valence-electron chi connectivity index (χ1n) is 23.1. The first-order valence-corrected chi connectivity index (χ1v) is 25.9. The first-order chi connectivity index (χ1) is 32.9. The van der Waals surface area contributed by atoms with Crippen molar-refractivity contribution in [3.05, 3.63) is 203 Å². The number of hydrogen-bond donors (Lipinski definition) is 3. The van der Waals surface area contributed by atoms with Crippen LogP contribution in [0.25, 0.3) is 0 Å². The number of benzene rings is 6. The molecule has 0 aliphatic carbocycles. The molecule has 4 N–H and O–H groups in total. The Morgan fingerprint density at radius 3 is 1.25 bits per heavy atom. The normalized spacial score (nSPS) is 14.6. The van der Waals surface area contributed by atoms with Gasteiger partial charge in [0, 0.05) is 106 Å². The molecule has 0 spiro atoms. The van der Waals surface area contributed by atoms with Crippen LogP contribution in [-0.2, 0) is 59.3 Å². The molecule has 0 bridgehead atoms. The molecule has 0 aromatic heterocycles. The van der Waals surface area contributed by atoms with Gasteiger partial charge in [-0.3, -0.25) is 9.80 Å². The molecule has 360 valence electrons. The third kappa shape index (κ3) is 15.9. The Bertz CT molecular complexity index is 2620. The molecular weight excluding hydrogens is 893 g/mol. The number of nitrogens with one attached hydrogen (secondary N) is 2. The third-order valence-corrected chi connectivity index (χ3v) is 15.4. The highest BCUT2D eigenvalue weighted by atomic mass is 32.2. The van der Waals surface area contributed by atoms with Crippen molar-refractivity contribution >= 4 is 26.1 Å². The zero-order chi connectivity index (χ0) is 48.2. The van der Waals surface area contributed by atoms with E-state index < -0.39 is 20.0 Å². The lowest BCUT2D eigenvalue weighted by Crippen LogP contribution is -2.51. The number of carbonyl (C=O) groups is 1. The summed E-state index contributed by atoms with van der Waals surface area (Å²) in [5.41, 5.74) is 11.7. The average Bonchev–Trinajstić information content (AvgIpc) is 3.38. The summed E-state index contributed by atoms with van der Waals surface area (Å²) in [6.07, 6.45) is 0. The standard InChI is InChI=1S/C27H32N4O3S.C19H25N3O2S.C7H9N/c1-29(21-24-10-6-3-7-11-24)35(33,34)26-14-12-25(13-15-26)22-30-16-18-31(19-17-30)27(32)28-20-23-8-4-2-5-9-23;1-21(15-17-5-3-2-4-6-17)25(23,24)19-9-7-18(8-10-19)16-22-13-11-20-12-14-22;8-6-7-4-2-1-3-5-7/h2-15H,16-22H2,1H3,(H,28,32);2-10,20H,11-16H2,1H3;1-5H,6,8H2. The number of hydrogen-bond acceptors (Lipinski definition) is 9. The summed E-state index contributed by atoms with van der Waals surface area (Å²) in [5, 5.41) is 6.32. The molecule has 8 rings (SSSR count). The Morgan fingerprint density at radius 2 is 0.868 bits per heavy atom. The van der Waals surface area contributed by atoms with Crippen LogP contribution in [0.3, 0.4) is 0 Å². The monoisotopic (exact) mass is 958 g/mol. The van der Waals surface area contributed by atoms with Crippen molar-refractivity contribution in [2.45, 2.75) is 49.1 Å². The van der Waals surface area contributed by atoms with E-state index >= 15 is 0 Å². The molecule has 6 aromatic rings. The molecule has 2 heterocycles. The van der Waals surface area contributed by atoms with Crippen LogP contribution < -0.4 is 16.4 Å². The van der Waals surface area contributed by atoms with Crippen LogP contribution in [0.1, 0.15) is 33.4 Å². The molecule has 0 saturated carbocycles.